The minimum atomic E-state index is 0.145. The van der Waals surface area contributed by atoms with E-state index in [0.717, 1.165) is 52.2 Å². The van der Waals surface area contributed by atoms with Crippen molar-refractivity contribution in [3.63, 3.8) is 0 Å². The van der Waals surface area contributed by atoms with Crippen LogP contribution < -0.4 is 10.2 Å². The number of aryl methyl sites for hydroxylation is 1. The number of carbonyl (C=O) groups excluding carboxylic acids is 1. The number of rotatable bonds is 7. The maximum absolute atomic E-state index is 12.3. The van der Waals surface area contributed by atoms with Crippen molar-refractivity contribution in [2.24, 2.45) is 5.41 Å². The number of hydrogen-bond donors (Lipinski definition) is 1. The lowest BCUT2D eigenvalue weighted by Gasteiger charge is -2.41. The molecular formula is C20H31N3O2. The van der Waals surface area contributed by atoms with Crippen molar-refractivity contribution in [3.05, 3.63) is 29.8 Å². The molecular weight excluding hydrogens is 314 g/mol. The minimum Gasteiger partial charge on any atom is -0.384 e. The first-order chi connectivity index (χ1) is 12.1. The zero-order valence-electron chi connectivity index (χ0n) is 15.6. The van der Waals surface area contributed by atoms with E-state index in [4.69, 9.17) is 4.74 Å². The molecule has 25 heavy (non-hydrogen) atoms. The molecule has 0 atom stereocenters. The van der Waals surface area contributed by atoms with E-state index in [9.17, 15) is 4.79 Å². The number of hydrogen-bond acceptors (Lipinski definition) is 4. The van der Waals surface area contributed by atoms with Crippen molar-refractivity contribution in [2.75, 3.05) is 57.9 Å². The lowest BCUT2D eigenvalue weighted by Crippen LogP contribution is -2.51. The number of nitrogens with zero attached hydrogens (tertiary/aromatic N) is 2. The summed E-state index contributed by atoms with van der Waals surface area (Å²) < 4.78 is 5.33. The van der Waals surface area contributed by atoms with Gasteiger partial charge in [0.25, 0.3) is 0 Å². The van der Waals surface area contributed by atoms with E-state index < -0.39 is 0 Å². The van der Waals surface area contributed by atoms with Gasteiger partial charge in [-0.2, -0.15) is 0 Å². The summed E-state index contributed by atoms with van der Waals surface area (Å²) in [6.07, 6.45) is 3.58. The number of nitrogens with one attached hydrogen (secondary N) is 1. The van der Waals surface area contributed by atoms with Crippen LogP contribution in [0.4, 0.5) is 5.69 Å². The molecule has 0 unspecified atom stereocenters. The third-order valence-corrected chi connectivity index (χ3v) is 5.63. The number of piperazine rings is 1. The van der Waals surface area contributed by atoms with Crippen molar-refractivity contribution in [1.29, 1.82) is 0 Å². The summed E-state index contributed by atoms with van der Waals surface area (Å²) in [5.41, 5.74) is 2.77. The average Bonchev–Trinajstić information content (AvgIpc) is 2.58. The fourth-order valence-corrected chi connectivity index (χ4v) is 3.89. The van der Waals surface area contributed by atoms with E-state index in [-0.39, 0.29) is 11.3 Å². The van der Waals surface area contributed by atoms with E-state index in [1.807, 2.05) is 0 Å². The van der Waals surface area contributed by atoms with Gasteiger partial charge in [-0.05, 0) is 37.5 Å². The van der Waals surface area contributed by atoms with Crippen LogP contribution in [-0.2, 0) is 9.53 Å². The lowest BCUT2D eigenvalue weighted by atomic mass is 9.69. The van der Waals surface area contributed by atoms with Gasteiger partial charge in [0.2, 0.25) is 5.91 Å². The monoisotopic (exact) mass is 345 g/mol. The lowest BCUT2D eigenvalue weighted by molar-refractivity contribution is -0.123. The summed E-state index contributed by atoms with van der Waals surface area (Å²) in [4.78, 5) is 17.0. The molecule has 1 N–H and O–H groups in total. The number of carbonyl (C=O) groups is 1. The van der Waals surface area contributed by atoms with Gasteiger partial charge in [0, 0.05) is 50.9 Å². The Balaban J connectivity index is 1.40. The summed E-state index contributed by atoms with van der Waals surface area (Å²) >= 11 is 0. The Labute approximate surface area is 151 Å². The Morgan fingerprint density at radius 2 is 2.00 bits per heavy atom. The summed E-state index contributed by atoms with van der Waals surface area (Å²) in [6, 6.07) is 8.64. The molecule has 0 radical (unpaired) electrons. The van der Waals surface area contributed by atoms with Crippen molar-refractivity contribution < 1.29 is 9.53 Å². The van der Waals surface area contributed by atoms with Gasteiger partial charge in [0.05, 0.1) is 13.2 Å². The van der Waals surface area contributed by atoms with Crippen LogP contribution in [0.2, 0.25) is 0 Å². The van der Waals surface area contributed by atoms with Crippen LogP contribution in [0.1, 0.15) is 24.8 Å². The zero-order valence-corrected chi connectivity index (χ0v) is 15.6. The molecule has 0 spiro atoms. The summed E-state index contributed by atoms with van der Waals surface area (Å²) in [6.45, 7) is 7.96. The minimum absolute atomic E-state index is 0.145. The fraction of sp³-hybridized carbons (Fsp3) is 0.650. The van der Waals surface area contributed by atoms with E-state index >= 15 is 0 Å². The highest BCUT2D eigenvalue weighted by molar-refractivity contribution is 5.78. The Morgan fingerprint density at radius 1 is 1.24 bits per heavy atom. The molecule has 0 aromatic heterocycles. The Morgan fingerprint density at radius 3 is 2.60 bits per heavy atom. The van der Waals surface area contributed by atoms with Crippen molar-refractivity contribution in [3.8, 4) is 0 Å². The molecule has 2 aliphatic rings. The van der Waals surface area contributed by atoms with E-state index in [1.165, 1.54) is 17.7 Å². The Kier molecular flexibility index (Phi) is 5.97. The number of methoxy groups -OCH3 is 1. The average molecular weight is 345 g/mol. The SMILES string of the molecule is COCC1(CNC(=O)CN2CCN(c3cccc(C)c3)CC2)CCC1. The molecule has 1 aliphatic carbocycles. The summed E-state index contributed by atoms with van der Waals surface area (Å²) in [7, 11) is 1.75. The van der Waals surface area contributed by atoms with Crippen LogP contribution in [0.3, 0.4) is 0 Å². The third kappa shape index (κ3) is 4.73. The number of amides is 1. The predicted octanol–water partition coefficient (Wildman–Crippen LogP) is 2.05. The van der Waals surface area contributed by atoms with Gasteiger partial charge in [-0.1, -0.05) is 18.6 Å². The molecule has 3 rings (SSSR count). The van der Waals surface area contributed by atoms with Gasteiger partial charge in [-0.3, -0.25) is 9.69 Å². The maximum Gasteiger partial charge on any atom is 0.234 e. The van der Waals surface area contributed by atoms with Crippen LogP contribution in [-0.4, -0.2) is 63.8 Å². The second-order valence-electron chi connectivity index (χ2n) is 7.67. The van der Waals surface area contributed by atoms with Gasteiger partial charge >= 0.3 is 0 Å². The largest absolute Gasteiger partial charge is 0.384 e. The quantitative estimate of drug-likeness (QED) is 0.821. The maximum atomic E-state index is 12.3. The Hall–Kier alpha value is -1.59. The van der Waals surface area contributed by atoms with Crippen LogP contribution >= 0.6 is 0 Å². The number of ether oxygens (including phenoxy) is 1. The van der Waals surface area contributed by atoms with Crippen LogP contribution in [0, 0.1) is 12.3 Å². The second kappa shape index (κ2) is 8.19. The van der Waals surface area contributed by atoms with Crippen LogP contribution in [0.5, 0.6) is 0 Å². The van der Waals surface area contributed by atoms with Crippen LogP contribution in [0.15, 0.2) is 24.3 Å². The smallest absolute Gasteiger partial charge is 0.234 e. The molecule has 5 nitrogen and oxygen atoms in total. The molecule has 1 aromatic rings. The highest BCUT2D eigenvalue weighted by Crippen LogP contribution is 2.40. The normalized spacial score (nSPS) is 20.2. The van der Waals surface area contributed by atoms with Gasteiger partial charge in [-0.25, -0.2) is 0 Å². The van der Waals surface area contributed by atoms with Crippen LogP contribution in [0.25, 0.3) is 0 Å². The fourth-order valence-electron chi connectivity index (χ4n) is 3.89. The first-order valence-corrected chi connectivity index (χ1v) is 9.40. The van der Waals surface area contributed by atoms with Gasteiger partial charge in [0.1, 0.15) is 0 Å². The Bertz CT molecular complexity index is 578. The molecule has 5 heteroatoms. The van der Waals surface area contributed by atoms with E-state index in [1.54, 1.807) is 7.11 Å². The second-order valence-corrected chi connectivity index (χ2v) is 7.67. The van der Waals surface area contributed by atoms with Crippen molar-refractivity contribution >= 4 is 11.6 Å². The predicted molar refractivity (Wildman–Crippen MR) is 101 cm³/mol. The summed E-state index contributed by atoms with van der Waals surface area (Å²) in [5.74, 6) is 0.145. The molecule has 138 valence electrons. The molecule has 1 aromatic carbocycles. The summed E-state index contributed by atoms with van der Waals surface area (Å²) in [5, 5.41) is 3.13. The molecule has 1 heterocycles. The molecule has 1 amide bonds. The first-order valence-electron chi connectivity index (χ1n) is 9.40. The number of benzene rings is 1. The van der Waals surface area contributed by atoms with E-state index in [2.05, 4.69) is 46.3 Å². The molecule has 0 bridgehead atoms. The van der Waals surface area contributed by atoms with Gasteiger partial charge in [-0.15, -0.1) is 0 Å². The van der Waals surface area contributed by atoms with E-state index in [0.29, 0.717) is 6.54 Å². The molecule has 1 saturated carbocycles. The molecule has 1 aliphatic heterocycles. The molecule has 2 fully saturated rings. The third-order valence-electron chi connectivity index (χ3n) is 5.63. The highest BCUT2D eigenvalue weighted by atomic mass is 16.5. The standard InChI is InChI=1S/C20H31N3O2/c1-17-5-3-6-18(13-17)23-11-9-22(10-12-23)14-19(24)21-15-20(16-25-2)7-4-8-20/h3,5-6,13H,4,7-12,14-16H2,1-2H3,(H,21,24). The number of anilines is 1. The zero-order chi connectivity index (χ0) is 17.7. The molecule has 1 saturated heterocycles. The topological polar surface area (TPSA) is 44.8 Å². The van der Waals surface area contributed by atoms with Gasteiger partial charge < -0.3 is 15.0 Å². The van der Waals surface area contributed by atoms with Gasteiger partial charge in [0.15, 0.2) is 0 Å². The van der Waals surface area contributed by atoms with Crippen molar-refractivity contribution in [2.45, 2.75) is 26.2 Å². The van der Waals surface area contributed by atoms with Crippen molar-refractivity contribution in [1.82, 2.24) is 10.2 Å². The highest BCUT2D eigenvalue weighted by Gasteiger charge is 2.37. The first kappa shape index (κ1) is 18.2.